The van der Waals surface area contributed by atoms with Gasteiger partial charge in [-0.05, 0) is 61.4 Å². The second kappa shape index (κ2) is 9.72. The van der Waals surface area contributed by atoms with Crippen LogP contribution in [0.3, 0.4) is 0 Å². The Balaban J connectivity index is 1.62. The van der Waals surface area contributed by atoms with E-state index in [0.29, 0.717) is 24.4 Å². The van der Waals surface area contributed by atoms with E-state index in [1.165, 1.54) is 22.0 Å². The van der Waals surface area contributed by atoms with Gasteiger partial charge in [-0.15, -0.1) is 0 Å². The molecule has 168 valence electrons. The quantitative estimate of drug-likeness (QED) is 0.653. The number of carbonyl (C=O) groups is 1. The van der Waals surface area contributed by atoms with E-state index in [9.17, 15) is 13.2 Å². The minimum absolute atomic E-state index is 0.0223. The summed E-state index contributed by atoms with van der Waals surface area (Å²) in [6.45, 7) is 6.97. The van der Waals surface area contributed by atoms with Crippen molar-refractivity contribution in [2.45, 2.75) is 56.4 Å². The van der Waals surface area contributed by atoms with Gasteiger partial charge in [0.15, 0.2) is 0 Å². The van der Waals surface area contributed by atoms with Crippen LogP contribution in [-0.2, 0) is 20.2 Å². The summed E-state index contributed by atoms with van der Waals surface area (Å²) < 4.78 is 27.4. The van der Waals surface area contributed by atoms with Crippen LogP contribution in [-0.4, -0.2) is 37.8 Å². The number of hydrogen-bond donors (Lipinski definition) is 1. The zero-order chi connectivity index (χ0) is 22.6. The van der Waals surface area contributed by atoms with Crippen molar-refractivity contribution in [2.75, 3.05) is 13.1 Å². The van der Waals surface area contributed by atoms with Gasteiger partial charge in [-0.25, -0.2) is 8.42 Å². The Kier molecular flexibility index (Phi) is 7.45. The van der Waals surface area contributed by atoms with Crippen LogP contribution in [0.2, 0.25) is 5.02 Å². The lowest BCUT2D eigenvalue weighted by Crippen LogP contribution is -2.47. The summed E-state index contributed by atoms with van der Waals surface area (Å²) >= 11 is 5.88. The number of carbonyl (C=O) groups excluding carboxylic acids is 1. The number of nitrogens with one attached hydrogen (secondary N) is 1. The Bertz CT molecular complexity index is 991. The largest absolute Gasteiger partial charge is 0.353 e. The van der Waals surface area contributed by atoms with Crippen molar-refractivity contribution < 1.29 is 13.2 Å². The minimum Gasteiger partial charge on any atom is -0.353 e. The molecule has 1 aliphatic heterocycles. The molecule has 0 aromatic heterocycles. The molecule has 0 bridgehead atoms. The van der Waals surface area contributed by atoms with Crippen LogP contribution < -0.4 is 5.32 Å². The van der Waals surface area contributed by atoms with Gasteiger partial charge < -0.3 is 5.32 Å². The second-order valence-electron chi connectivity index (χ2n) is 9.02. The van der Waals surface area contributed by atoms with Gasteiger partial charge in [-0.3, -0.25) is 4.79 Å². The van der Waals surface area contributed by atoms with Crippen molar-refractivity contribution in [2.24, 2.45) is 5.92 Å². The second-order valence-corrected chi connectivity index (χ2v) is 11.4. The summed E-state index contributed by atoms with van der Waals surface area (Å²) in [5.41, 5.74) is 1.15. The topological polar surface area (TPSA) is 66.5 Å². The predicted octanol–water partition coefficient (Wildman–Crippen LogP) is 4.61. The normalized spacial score (nSPS) is 19.0. The maximum atomic E-state index is 13.0. The Morgan fingerprint density at radius 1 is 1.16 bits per heavy atom. The number of benzene rings is 2. The summed E-state index contributed by atoms with van der Waals surface area (Å²) in [5.74, 6) is -0.425. The summed E-state index contributed by atoms with van der Waals surface area (Å²) in [6.07, 6.45) is 2.14. The maximum Gasteiger partial charge on any atom is 0.243 e. The van der Waals surface area contributed by atoms with Crippen LogP contribution in [0.1, 0.15) is 45.6 Å². The fraction of sp³-hybridized carbons (Fsp3) is 0.458. The Labute approximate surface area is 190 Å². The van der Waals surface area contributed by atoms with Gasteiger partial charge in [0.2, 0.25) is 15.9 Å². The molecule has 7 heteroatoms. The van der Waals surface area contributed by atoms with E-state index in [0.717, 1.165) is 6.42 Å². The van der Waals surface area contributed by atoms with Crippen molar-refractivity contribution >= 4 is 27.5 Å². The molecular weight excluding hydrogens is 432 g/mol. The minimum atomic E-state index is -3.64. The molecule has 5 nitrogen and oxygen atoms in total. The third-order valence-corrected chi connectivity index (χ3v) is 8.10. The number of halogens is 1. The summed E-state index contributed by atoms with van der Waals surface area (Å²) in [7, 11) is -3.64. The van der Waals surface area contributed by atoms with Crippen molar-refractivity contribution in [3.63, 3.8) is 0 Å². The van der Waals surface area contributed by atoms with Crippen LogP contribution in [0.5, 0.6) is 0 Å². The SMILES string of the molecule is CC(CC(C)(C)c1ccccc1)NC(=O)C1CCCN(S(=O)(=O)c2ccc(Cl)cc2)C1. The first-order valence-corrected chi connectivity index (χ1v) is 12.5. The van der Waals surface area contributed by atoms with Crippen LogP contribution in [0, 0.1) is 5.92 Å². The van der Waals surface area contributed by atoms with Crippen LogP contribution in [0.4, 0.5) is 0 Å². The number of hydrogen-bond acceptors (Lipinski definition) is 3. The lowest BCUT2D eigenvalue weighted by atomic mass is 9.79. The average molecular weight is 463 g/mol. The summed E-state index contributed by atoms with van der Waals surface area (Å²) in [6, 6.07) is 16.4. The number of piperidine rings is 1. The number of amides is 1. The van der Waals surface area contributed by atoms with Crippen LogP contribution >= 0.6 is 11.6 Å². The Morgan fingerprint density at radius 3 is 2.45 bits per heavy atom. The van der Waals surface area contributed by atoms with Gasteiger partial charge in [0.1, 0.15) is 0 Å². The first-order valence-electron chi connectivity index (χ1n) is 10.7. The van der Waals surface area contributed by atoms with Gasteiger partial charge >= 0.3 is 0 Å². The summed E-state index contributed by atoms with van der Waals surface area (Å²) in [4.78, 5) is 13.1. The highest BCUT2D eigenvalue weighted by atomic mass is 35.5. The molecule has 1 amide bonds. The molecule has 2 aromatic carbocycles. The molecule has 0 saturated carbocycles. The third kappa shape index (κ3) is 5.88. The van der Waals surface area contributed by atoms with Gasteiger partial charge in [-0.1, -0.05) is 55.8 Å². The molecule has 2 unspecified atom stereocenters. The molecule has 2 aromatic rings. The number of nitrogens with zero attached hydrogens (tertiary/aromatic N) is 1. The van der Waals surface area contributed by atoms with Crippen molar-refractivity contribution in [1.29, 1.82) is 0 Å². The monoisotopic (exact) mass is 462 g/mol. The van der Waals surface area contributed by atoms with E-state index in [-0.39, 0.29) is 34.7 Å². The van der Waals surface area contributed by atoms with Crippen LogP contribution in [0.15, 0.2) is 59.5 Å². The molecule has 1 N–H and O–H groups in total. The number of rotatable bonds is 7. The molecule has 1 heterocycles. The highest BCUT2D eigenvalue weighted by molar-refractivity contribution is 7.89. The zero-order valence-corrected chi connectivity index (χ0v) is 19.9. The van der Waals surface area contributed by atoms with Crippen LogP contribution in [0.25, 0.3) is 0 Å². The van der Waals surface area contributed by atoms with Crippen molar-refractivity contribution in [3.05, 3.63) is 65.2 Å². The lowest BCUT2D eigenvalue weighted by molar-refractivity contribution is -0.126. The van der Waals surface area contributed by atoms with E-state index in [1.54, 1.807) is 12.1 Å². The van der Waals surface area contributed by atoms with Gasteiger partial charge in [-0.2, -0.15) is 4.31 Å². The first kappa shape index (κ1) is 23.8. The molecule has 31 heavy (non-hydrogen) atoms. The zero-order valence-electron chi connectivity index (χ0n) is 18.3. The summed E-state index contributed by atoms with van der Waals surface area (Å²) in [5, 5.41) is 3.61. The fourth-order valence-corrected chi connectivity index (χ4v) is 5.96. The molecule has 0 aliphatic carbocycles. The predicted molar refractivity (Wildman–Crippen MR) is 125 cm³/mol. The first-order chi connectivity index (χ1) is 14.6. The van der Waals surface area contributed by atoms with Gasteiger partial charge in [0.05, 0.1) is 10.8 Å². The smallest absolute Gasteiger partial charge is 0.243 e. The number of sulfonamides is 1. The average Bonchev–Trinajstić information content (AvgIpc) is 2.74. The molecule has 3 rings (SSSR count). The highest BCUT2D eigenvalue weighted by Crippen LogP contribution is 2.29. The van der Waals surface area contributed by atoms with E-state index in [1.807, 2.05) is 25.1 Å². The van der Waals surface area contributed by atoms with E-state index >= 15 is 0 Å². The standard InChI is InChI=1S/C24H31ClN2O3S/c1-18(16-24(2,3)20-9-5-4-6-10-20)26-23(28)19-8-7-15-27(17-19)31(29,30)22-13-11-21(25)12-14-22/h4-6,9-14,18-19H,7-8,15-17H2,1-3H3,(H,26,28). The van der Waals surface area contributed by atoms with Crippen molar-refractivity contribution in [3.8, 4) is 0 Å². The molecule has 2 atom stereocenters. The Morgan fingerprint density at radius 2 is 1.81 bits per heavy atom. The van der Waals surface area contributed by atoms with Gasteiger partial charge in [0, 0.05) is 24.2 Å². The molecule has 1 saturated heterocycles. The maximum absolute atomic E-state index is 13.0. The Hall–Kier alpha value is -1.89. The molecule has 1 aliphatic rings. The van der Waals surface area contributed by atoms with E-state index in [2.05, 4.69) is 31.3 Å². The van der Waals surface area contributed by atoms with Gasteiger partial charge in [0.25, 0.3) is 0 Å². The molecular formula is C24H31ClN2O3S. The molecule has 0 spiro atoms. The lowest BCUT2D eigenvalue weighted by Gasteiger charge is -2.33. The third-order valence-electron chi connectivity index (χ3n) is 5.97. The molecule has 0 radical (unpaired) electrons. The fourth-order valence-electron chi connectivity index (χ4n) is 4.31. The molecule has 1 fully saturated rings. The van der Waals surface area contributed by atoms with Crippen molar-refractivity contribution in [1.82, 2.24) is 9.62 Å². The van der Waals surface area contributed by atoms with E-state index < -0.39 is 10.0 Å². The van der Waals surface area contributed by atoms with E-state index in [4.69, 9.17) is 11.6 Å². The highest BCUT2D eigenvalue weighted by Gasteiger charge is 2.34.